The molecule has 0 unspecified atom stereocenters. The Morgan fingerprint density at radius 3 is 2.19 bits per heavy atom. The monoisotopic (exact) mass is 605 g/mol. The molecule has 216 valence electrons. The molecular formula is C35H31N3O3S2. The molecule has 1 aromatic heterocycles. The van der Waals surface area contributed by atoms with E-state index in [2.05, 4.69) is 15.6 Å². The first kappa shape index (κ1) is 28.8. The molecule has 2 N–H and O–H groups in total. The van der Waals surface area contributed by atoms with Crippen molar-refractivity contribution < 1.29 is 14.4 Å². The van der Waals surface area contributed by atoms with E-state index in [1.807, 2.05) is 66.7 Å². The summed E-state index contributed by atoms with van der Waals surface area (Å²) >= 11 is 2.89. The summed E-state index contributed by atoms with van der Waals surface area (Å²) in [6, 6.07) is 30.4. The van der Waals surface area contributed by atoms with Crippen molar-refractivity contribution in [3.05, 3.63) is 114 Å². The lowest BCUT2D eigenvalue weighted by atomic mass is 9.95. The fourth-order valence-corrected chi connectivity index (χ4v) is 7.32. The SMILES string of the molecule is O=C(CSc1nc2ccc(NC(=O)c3ccccc3C(=O)NC3CCCCC3)cc2s1)c1ccc(-c2ccccc2)cc1. The second kappa shape index (κ2) is 13.4. The van der Waals surface area contributed by atoms with Crippen LogP contribution < -0.4 is 10.6 Å². The van der Waals surface area contributed by atoms with E-state index in [-0.39, 0.29) is 29.4 Å². The molecule has 0 aliphatic heterocycles. The largest absolute Gasteiger partial charge is 0.349 e. The standard InChI is InChI=1S/C35H31N3O3S2/c39-31(25-17-15-24(16-18-25)23-9-3-1-4-10-23)22-42-35-38-30-20-19-27(21-32(30)43-35)37-34(41)29-14-8-7-13-28(29)33(40)36-26-11-5-2-6-12-26/h1,3-4,7-10,13-21,26H,2,5-6,11-12,22H2,(H,36,40)(H,37,41). The lowest BCUT2D eigenvalue weighted by Crippen LogP contribution is -2.37. The van der Waals surface area contributed by atoms with Gasteiger partial charge in [-0.25, -0.2) is 4.98 Å². The lowest BCUT2D eigenvalue weighted by molar-refractivity contribution is 0.0917. The normalized spacial score (nSPS) is 13.5. The molecule has 1 saturated carbocycles. The van der Waals surface area contributed by atoms with Crippen LogP contribution in [0.15, 0.2) is 101 Å². The summed E-state index contributed by atoms with van der Waals surface area (Å²) in [5.41, 5.74) is 5.00. The molecule has 1 fully saturated rings. The number of anilines is 1. The molecule has 43 heavy (non-hydrogen) atoms. The van der Waals surface area contributed by atoms with E-state index in [4.69, 9.17) is 0 Å². The van der Waals surface area contributed by atoms with Gasteiger partial charge in [0, 0.05) is 17.3 Å². The minimum atomic E-state index is -0.336. The van der Waals surface area contributed by atoms with Gasteiger partial charge in [-0.05, 0) is 54.3 Å². The van der Waals surface area contributed by atoms with Gasteiger partial charge in [-0.1, -0.05) is 97.8 Å². The molecule has 1 aliphatic rings. The van der Waals surface area contributed by atoms with Crippen LogP contribution in [0.5, 0.6) is 0 Å². The zero-order chi connectivity index (χ0) is 29.6. The molecule has 0 saturated heterocycles. The number of hydrogen-bond donors (Lipinski definition) is 2. The molecule has 0 radical (unpaired) electrons. The maximum Gasteiger partial charge on any atom is 0.256 e. The Morgan fingerprint density at radius 1 is 0.767 bits per heavy atom. The zero-order valence-electron chi connectivity index (χ0n) is 23.5. The molecule has 0 spiro atoms. The van der Waals surface area contributed by atoms with Gasteiger partial charge in [0.1, 0.15) is 0 Å². The van der Waals surface area contributed by atoms with E-state index < -0.39 is 0 Å². The van der Waals surface area contributed by atoms with Gasteiger partial charge in [0.2, 0.25) is 0 Å². The van der Waals surface area contributed by atoms with E-state index in [0.29, 0.717) is 22.4 Å². The number of hydrogen-bond acceptors (Lipinski definition) is 6. The van der Waals surface area contributed by atoms with Crippen LogP contribution in [-0.4, -0.2) is 34.4 Å². The van der Waals surface area contributed by atoms with Gasteiger partial charge in [-0.3, -0.25) is 14.4 Å². The number of carbonyl (C=O) groups excluding carboxylic acids is 3. The Kier molecular flexibility index (Phi) is 8.96. The topological polar surface area (TPSA) is 88.2 Å². The first-order valence-corrected chi connectivity index (χ1v) is 16.3. The number of nitrogens with one attached hydrogen (secondary N) is 2. The van der Waals surface area contributed by atoms with E-state index in [1.165, 1.54) is 29.5 Å². The molecule has 4 aromatic carbocycles. The van der Waals surface area contributed by atoms with Gasteiger partial charge in [-0.2, -0.15) is 0 Å². The summed E-state index contributed by atoms with van der Waals surface area (Å²) < 4.78 is 1.70. The third kappa shape index (κ3) is 7.04. The van der Waals surface area contributed by atoms with Crippen molar-refractivity contribution in [3.63, 3.8) is 0 Å². The Hall–Kier alpha value is -4.27. The third-order valence-corrected chi connectivity index (χ3v) is 9.79. The summed E-state index contributed by atoms with van der Waals surface area (Å²) in [6.07, 6.45) is 5.40. The molecule has 0 bridgehead atoms. The molecule has 5 aromatic rings. The zero-order valence-corrected chi connectivity index (χ0v) is 25.2. The van der Waals surface area contributed by atoms with E-state index >= 15 is 0 Å². The number of thioether (sulfide) groups is 1. The fraction of sp³-hybridized carbons (Fsp3) is 0.200. The number of nitrogens with zero attached hydrogens (tertiary/aromatic N) is 1. The van der Waals surface area contributed by atoms with Gasteiger partial charge in [0.25, 0.3) is 11.8 Å². The van der Waals surface area contributed by atoms with Crippen LogP contribution in [0, 0.1) is 0 Å². The van der Waals surface area contributed by atoms with Crippen molar-refractivity contribution in [2.75, 3.05) is 11.1 Å². The van der Waals surface area contributed by atoms with E-state index in [1.54, 1.807) is 30.3 Å². The number of carbonyl (C=O) groups is 3. The Labute approximate surface area is 258 Å². The van der Waals surface area contributed by atoms with Crippen LogP contribution in [0.2, 0.25) is 0 Å². The van der Waals surface area contributed by atoms with E-state index in [0.717, 1.165) is 51.4 Å². The Morgan fingerprint density at radius 2 is 1.44 bits per heavy atom. The van der Waals surface area contributed by atoms with Crippen molar-refractivity contribution in [1.82, 2.24) is 10.3 Å². The predicted molar refractivity (Wildman–Crippen MR) is 175 cm³/mol. The molecule has 6 nitrogen and oxygen atoms in total. The summed E-state index contributed by atoms with van der Waals surface area (Å²) in [4.78, 5) is 43.8. The highest BCUT2D eigenvalue weighted by atomic mass is 32.2. The molecule has 8 heteroatoms. The fourth-order valence-electron chi connectivity index (χ4n) is 5.32. The number of benzene rings is 4. The number of aromatic nitrogens is 1. The highest BCUT2D eigenvalue weighted by Gasteiger charge is 2.21. The maximum atomic E-state index is 13.2. The van der Waals surface area contributed by atoms with Crippen LogP contribution in [0.25, 0.3) is 21.3 Å². The lowest BCUT2D eigenvalue weighted by Gasteiger charge is -2.23. The van der Waals surface area contributed by atoms with Crippen molar-refractivity contribution >= 4 is 56.6 Å². The summed E-state index contributed by atoms with van der Waals surface area (Å²) in [5, 5.41) is 6.05. The van der Waals surface area contributed by atoms with Gasteiger partial charge in [0.15, 0.2) is 10.1 Å². The molecule has 1 aliphatic carbocycles. The number of rotatable bonds is 9. The minimum Gasteiger partial charge on any atom is -0.349 e. The number of fused-ring (bicyclic) bond motifs is 1. The number of thiazole rings is 1. The highest BCUT2D eigenvalue weighted by Crippen LogP contribution is 2.32. The first-order valence-electron chi connectivity index (χ1n) is 14.5. The second-order valence-corrected chi connectivity index (χ2v) is 12.9. The average Bonchev–Trinajstić information content (AvgIpc) is 3.47. The van der Waals surface area contributed by atoms with Crippen LogP contribution >= 0.6 is 23.1 Å². The van der Waals surface area contributed by atoms with Crippen LogP contribution in [0.4, 0.5) is 5.69 Å². The quantitative estimate of drug-likeness (QED) is 0.130. The van der Waals surface area contributed by atoms with Crippen molar-refractivity contribution in [1.29, 1.82) is 0 Å². The van der Waals surface area contributed by atoms with Crippen LogP contribution in [-0.2, 0) is 0 Å². The van der Waals surface area contributed by atoms with Gasteiger partial charge in [-0.15, -0.1) is 11.3 Å². The molecule has 6 rings (SSSR count). The number of amides is 2. The third-order valence-electron chi connectivity index (χ3n) is 7.62. The second-order valence-electron chi connectivity index (χ2n) is 10.6. The maximum absolute atomic E-state index is 13.2. The smallest absolute Gasteiger partial charge is 0.256 e. The predicted octanol–water partition coefficient (Wildman–Crippen LogP) is 8.25. The van der Waals surface area contributed by atoms with Gasteiger partial charge < -0.3 is 10.6 Å². The molecule has 1 heterocycles. The summed E-state index contributed by atoms with van der Waals surface area (Å²) in [5.74, 6) is -0.216. The first-order chi connectivity index (χ1) is 21.0. The average molecular weight is 606 g/mol. The van der Waals surface area contributed by atoms with E-state index in [9.17, 15) is 14.4 Å². The summed E-state index contributed by atoms with van der Waals surface area (Å²) in [7, 11) is 0. The van der Waals surface area contributed by atoms with Crippen molar-refractivity contribution in [2.45, 2.75) is 42.5 Å². The number of Topliss-reactive ketones (excluding diaryl/α,β-unsaturated/α-hetero) is 1. The van der Waals surface area contributed by atoms with Crippen LogP contribution in [0.3, 0.4) is 0 Å². The summed E-state index contributed by atoms with van der Waals surface area (Å²) in [6.45, 7) is 0. The van der Waals surface area contributed by atoms with Gasteiger partial charge >= 0.3 is 0 Å². The molecule has 2 amide bonds. The Bertz CT molecular complexity index is 1760. The van der Waals surface area contributed by atoms with Gasteiger partial charge in [0.05, 0.1) is 27.1 Å². The minimum absolute atomic E-state index is 0.0445. The van der Waals surface area contributed by atoms with Crippen molar-refractivity contribution in [2.24, 2.45) is 0 Å². The van der Waals surface area contributed by atoms with Crippen LogP contribution in [0.1, 0.15) is 63.2 Å². The number of ketones is 1. The highest BCUT2D eigenvalue weighted by molar-refractivity contribution is 8.01. The molecular weight excluding hydrogens is 575 g/mol. The van der Waals surface area contributed by atoms with Crippen molar-refractivity contribution in [3.8, 4) is 11.1 Å². The molecule has 0 atom stereocenters. The Balaban J connectivity index is 1.08.